The minimum absolute atomic E-state index is 0.194. The highest BCUT2D eigenvalue weighted by atomic mass is 35.5. The lowest BCUT2D eigenvalue weighted by molar-refractivity contribution is -0.133. The van der Waals surface area contributed by atoms with E-state index in [4.69, 9.17) is 11.6 Å². The largest absolute Gasteiger partial charge is 0.425 e. The fraction of sp³-hybridized carbons (Fsp3) is 0.222. The van der Waals surface area contributed by atoms with E-state index in [1.54, 1.807) is 0 Å². The maximum atomic E-state index is 12.6. The highest BCUT2D eigenvalue weighted by Gasteiger charge is 2.12. The summed E-state index contributed by atoms with van der Waals surface area (Å²) >= 11 is 5.40. The van der Waals surface area contributed by atoms with Crippen molar-refractivity contribution in [3.8, 4) is 5.75 Å². The fourth-order valence-electron chi connectivity index (χ4n) is 0.785. The predicted octanol–water partition coefficient (Wildman–Crippen LogP) is 2.50. The predicted molar refractivity (Wildman–Crippen MR) is 47.3 cm³/mol. The van der Waals surface area contributed by atoms with Crippen LogP contribution in [0, 0.1) is 11.6 Å². The molecule has 0 fully saturated rings. The number of ether oxygens (including phenoxy) is 1. The van der Waals surface area contributed by atoms with Crippen LogP contribution in [0.3, 0.4) is 0 Å². The Morgan fingerprint density at radius 3 is 2.29 bits per heavy atom. The minimum Gasteiger partial charge on any atom is -0.425 e. The van der Waals surface area contributed by atoms with Crippen LogP contribution >= 0.6 is 11.6 Å². The molecule has 0 saturated heterocycles. The molecule has 0 heterocycles. The SMILES string of the molecule is CC(Cl)C(=O)Oc1cc(F)cc(F)c1. The number of alkyl halides is 1. The van der Waals surface area contributed by atoms with Crippen molar-refractivity contribution < 1.29 is 18.3 Å². The van der Waals surface area contributed by atoms with E-state index in [-0.39, 0.29) is 5.75 Å². The zero-order valence-corrected chi connectivity index (χ0v) is 8.02. The van der Waals surface area contributed by atoms with Gasteiger partial charge in [-0.2, -0.15) is 0 Å². The average molecular weight is 221 g/mol. The number of benzene rings is 1. The summed E-state index contributed by atoms with van der Waals surface area (Å²) in [6.07, 6.45) is 0. The minimum atomic E-state index is -0.860. The van der Waals surface area contributed by atoms with Crippen molar-refractivity contribution in [2.24, 2.45) is 0 Å². The molecule has 5 heteroatoms. The van der Waals surface area contributed by atoms with Gasteiger partial charge in [0.25, 0.3) is 0 Å². The number of carbonyl (C=O) groups excluding carboxylic acids is 1. The van der Waals surface area contributed by atoms with Gasteiger partial charge in [-0.25, -0.2) is 8.78 Å². The first-order valence-corrected chi connectivity index (χ1v) is 4.24. The van der Waals surface area contributed by atoms with Crippen LogP contribution in [-0.4, -0.2) is 11.3 Å². The molecule has 0 spiro atoms. The van der Waals surface area contributed by atoms with Gasteiger partial charge < -0.3 is 4.74 Å². The first kappa shape index (κ1) is 10.9. The van der Waals surface area contributed by atoms with Crippen LogP contribution in [0.2, 0.25) is 0 Å². The standard InChI is InChI=1S/C9H7ClF2O2/c1-5(10)9(13)14-8-3-6(11)2-7(12)4-8/h2-5H,1H3. The second-order valence-corrected chi connectivity index (χ2v) is 3.30. The number of halogens is 3. The molecule has 0 aliphatic carbocycles. The molecule has 1 aromatic carbocycles. The van der Waals surface area contributed by atoms with E-state index in [9.17, 15) is 13.6 Å². The van der Waals surface area contributed by atoms with Crippen LogP contribution in [0.5, 0.6) is 5.75 Å². The third-order valence-corrected chi connectivity index (χ3v) is 1.56. The Morgan fingerprint density at radius 1 is 1.36 bits per heavy atom. The molecule has 0 amide bonds. The second-order valence-electron chi connectivity index (χ2n) is 2.64. The number of carbonyl (C=O) groups is 1. The first-order chi connectivity index (χ1) is 6.49. The van der Waals surface area contributed by atoms with Gasteiger partial charge in [-0.15, -0.1) is 11.6 Å². The van der Waals surface area contributed by atoms with Crippen molar-refractivity contribution in [3.63, 3.8) is 0 Å². The van der Waals surface area contributed by atoms with Crippen molar-refractivity contribution in [2.45, 2.75) is 12.3 Å². The van der Waals surface area contributed by atoms with Crippen LogP contribution in [0.4, 0.5) is 8.78 Å². The van der Waals surface area contributed by atoms with Gasteiger partial charge in [-0.1, -0.05) is 0 Å². The van der Waals surface area contributed by atoms with Crippen molar-refractivity contribution >= 4 is 17.6 Å². The molecule has 0 aliphatic heterocycles. The molecular formula is C9H7ClF2O2. The van der Waals surface area contributed by atoms with E-state index in [0.717, 1.165) is 12.1 Å². The molecule has 0 saturated carbocycles. The maximum Gasteiger partial charge on any atom is 0.329 e. The number of hydrogen-bond donors (Lipinski definition) is 0. The molecule has 1 aromatic rings. The molecule has 0 aliphatic rings. The topological polar surface area (TPSA) is 26.3 Å². The number of esters is 1. The quantitative estimate of drug-likeness (QED) is 0.435. The summed E-state index contributed by atoms with van der Waals surface area (Å²) in [5.74, 6) is -2.57. The normalized spacial score (nSPS) is 12.3. The highest BCUT2D eigenvalue weighted by Crippen LogP contribution is 2.16. The van der Waals surface area contributed by atoms with Crippen molar-refractivity contribution in [2.75, 3.05) is 0 Å². The Hall–Kier alpha value is -1.16. The van der Waals surface area contributed by atoms with E-state index < -0.39 is 23.0 Å². The van der Waals surface area contributed by atoms with E-state index >= 15 is 0 Å². The van der Waals surface area contributed by atoms with Crippen molar-refractivity contribution in [3.05, 3.63) is 29.8 Å². The summed E-state index contributed by atoms with van der Waals surface area (Å²) < 4.78 is 29.8. The molecule has 0 radical (unpaired) electrons. The van der Waals surface area contributed by atoms with E-state index in [1.807, 2.05) is 0 Å². The number of hydrogen-bond acceptors (Lipinski definition) is 2. The van der Waals surface area contributed by atoms with Crippen molar-refractivity contribution in [1.29, 1.82) is 0 Å². The summed E-state index contributed by atoms with van der Waals surface area (Å²) in [6.45, 7) is 1.40. The van der Waals surface area contributed by atoms with Crippen LogP contribution in [-0.2, 0) is 4.79 Å². The van der Waals surface area contributed by atoms with Gasteiger partial charge in [0.2, 0.25) is 0 Å². The summed E-state index contributed by atoms with van der Waals surface area (Å²) in [4.78, 5) is 10.9. The molecule has 1 atom stereocenters. The molecule has 14 heavy (non-hydrogen) atoms. The fourth-order valence-corrected chi connectivity index (χ4v) is 0.829. The number of rotatable bonds is 2. The Balaban J connectivity index is 2.82. The lowest BCUT2D eigenvalue weighted by Gasteiger charge is -2.05. The Morgan fingerprint density at radius 2 is 1.86 bits per heavy atom. The van der Waals surface area contributed by atoms with Gasteiger partial charge in [0.1, 0.15) is 22.8 Å². The summed E-state index contributed by atoms with van der Waals surface area (Å²) in [7, 11) is 0. The molecule has 1 rings (SSSR count). The summed E-state index contributed by atoms with van der Waals surface area (Å²) in [6, 6.07) is 2.49. The van der Waals surface area contributed by atoms with Gasteiger partial charge in [0, 0.05) is 18.2 Å². The van der Waals surface area contributed by atoms with E-state index in [2.05, 4.69) is 4.74 Å². The van der Waals surface area contributed by atoms with E-state index in [1.165, 1.54) is 6.92 Å². The van der Waals surface area contributed by atoms with Crippen LogP contribution < -0.4 is 4.74 Å². The molecular weight excluding hydrogens is 214 g/mol. The molecule has 76 valence electrons. The van der Waals surface area contributed by atoms with Crippen LogP contribution in [0.15, 0.2) is 18.2 Å². The Labute approximate surface area is 84.4 Å². The summed E-state index contributed by atoms with van der Waals surface area (Å²) in [5.41, 5.74) is 0. The Kier molecular flexibility index (Phi) is 3.41. The third kappa shape index (κ3) is 2.96. The van der Waals surface area contributed by atoms with Gasteiger partial charge in [-0.3, -0.25) is 4.79 Å². The van der Waals surface area contributed by atoms with Gasteiger partial charge in [0.05, 0.1) is 0 Å². The third-order valence-electron chi connectivity index (χ3n) is 1.38. The second kappa shape index (κ2) is 4.37. The van der Waals surface area contributed by atoms with Gasteiger partial charge in [-0.05, 0) is 6.92 Å². The highest BCUT2D eigenvalue weighted by molar-refractivity contribution is 6.29. The first-order valence-electron chi connectivity index (χ1n) is 3.81. The van der Waals surface area contributed by atoms with Crippen molar-refractivity contribution in [1.82, 2.24) is 0 Å². The molecule has 0 bridgehead atoms. The Bertz CT molecular complexity index is 332. The maximum absolute atomic E-state index is 12.6. The smallest absolute Gasteiger partial charge is 0.329 e. The molecule has 1 unspecified atom stereocenters. The lowest BCUT2D eigenvalue weighted by Crippen LogP contribution is -2.17. The van der Waals surface area contributed by atoms with Crippen LogP contribution in [0.25, 0.3) is 0 Å². The molecule has 0 aromatic heterocycles. The average Bonchev–Trinajstić information content (AvgIpc) is 2.01. The zero-order valence-electron chi connectivity index (χ0n) is 7.26. The van der Waals surface area contributed by atoms with Gasteiger partial charge in [0.15, 0.2) is 0 Å². The van der Waals surface area contributed by atoms with E-state index in [0.29, 0.717) is 6.07 Å². The monoisotopic (exact) mass is 220 g/mol. The lowest BCUT2D eigenvalue weighted by atomic mass is 10.3. The molecule has 0 N–H and O–H groups in total. The summed E-state index contributed by atoms with van der Waals surface area (Å²) in [5, 5.41) is -0.860. The van der Waals surface area contributed by atoms with Crippen LogP contribution in [0.1, 0.15) is 6.92 Å². The molecule has 2 nitrogen and oxygen atoms in total. The van der Waals surface area contributed by atoms with Gasteiger partial charge >= 0.3 is 5.97 Å². The zero-order chi connectivity index (χ0) is 10.7.